The molecular weight excluding hydrogens is 212 g/mol. The van der Waals surface area contributed by atoms with Crippen LogP contribution in [-0.2, 0) is 13.3 Å². The van der Waals surface area contributed by atoms with Crippen LogP contribution in [0.15, 0.2) is 0 Å². The largest absolute Gasteiger partial charge is 0.420 e. The average Bonchev–Trinajstić information content (AvgIpc) is 2.26. The normalized spacial score (nSPS) is 13.3. The van der Waals surface area contributed by atoms with Gasteiger partial charge < -0.3 is 13.3 Å². The van der Waals surface area contributed by atoms with Crippen molar-refractivity contribution in [1.29, 1.82) is 0 Å². The third-order valence-electron chi connectivity index (χ3n) is 3.23. The first kappa shape index (κ1) is 14.3. The zero-order valence-electron chi connectivity index (χ0n) is 10.3. The highest BCUT2D eigenvalue weighted by molar-refractivity contribution is 6.88. The summed E-state index contributed by atoms with van der Waals surface area (Å²) in [6.45, 7) is 6.53. The van der Waals surface area contributed by atoms with Gasteiger partial charge in [-0.15, -0.1) is 0 Å². The Hall–Kier alpha value is 0.314. The van der Waals surface area contributed by atoms with Crippen LogP contribution in [0.25, 0.3) is 0 Å². The fourth-order valence-corrected chi connectivity index (χ4v) is 11.3. The van der Waals surface area contributed by atoms with Gasteiger partial charge >= 0.3 is 8.56 Å². The molecule has 0 fully saturated rings. The monoisotopic (exact) mass is 236 g/mol. The number of hydrogen-bond acceptors (Lipinski definition) is 3. The molecule has 0 aliphatic rings. The molecule has 0 spiro atoms. The van der Waals surface area contributed by atoms with Gasteiger partial charge in [0.25, 0.3) is 0 Å². The van der Waals surface area contributed by atoms with Crippen LogP contribution in [-0.4, -0.2) is 38.2 Å². The van der Waals surface area contributed by atoms with Crippen LogP contribution in [0.3, 0.4) is 0 Å². The molecule has 0 aromatic carbocycles. The van der Waals surface area contributed by atoms with E-state index in [1.165, 1.54) is 0 Å². The third-order valence-corrected chi connectivity index (χ3v) is 13.5. The van der Waals surface area contributed by atoms with Gasteiger partial charge in [0.05, 0.1) is 0 Å². The van der Waals surface area contributed by atoms with Crippen LogP contribution in [0, 0.1) is 0 Å². The van der Waals surface area contributed by atoms with Crippen molar-refractivity contribution in [2.24, 2.45) is 0 Å². The second kappa shape index (κ2) is 6.02. The maximum atomic E-state index is 5.75. The SMILES string of the molecule is CC[Si](CC)(C[Si](C)(OC)OC)OC. The summed E-state index contributed by atoms with van der Waals surface area (Å²) in [6.07, 6.45) is 0. The summed E-state index contributed by atoms with van der Waals surface area (Å²) in [7, 11) is 1.78. The van der Waals surface area contributed by atoms with Crippen molar-refractivity contribution in [1.82, 2.24) is 0 Å². The van der Waals surface area contributed by atoms with Crippen LogP contribution >= 0.6 is 0 Å². The molecule has 14 heavy (non-hydrogen) atoms. The highest BCUT2D eigenvalue weighted by atomic mass is 28.4. The zero-order chi connectivity index (χ0) is 11.2. The van der Waals surface area contributed by atoms with Crippen LogP contribution in [0.2, 0.25) is 24.3 Å². The van der Waals surface area contributed by atoms with Crippen LogP contribution in [0.4, 0.5) is 0 Å². The Morgan fingerprint density at radius 2 is 1.29 bits per heavy atom. The molecule has 5 heteroatoms. The van der Waals surface area contributed by atoms with E-state index in [0.717, 1.165) is 17.8 Å². The lowest BCUT2D eigenvalue weighted by atomic mass is 10.9. The van der Waals surface area contributed by atoms with E-state index in [9.17, 15) is 0 Å². The summed E-state index contributed by atoms with van der Waals surface area (Å²) in [6, 6.07) is 2.27. The Balaban J connectivity index is 4.56. The Bertz CT molecular complexity index is 148. The molecule has 0 rings (SSSR count). The van der Waals surface area contributed by atoms with Crippen molar-refractivity contribution in [2.75, 3.05) is 21.3 Å². The minimum atomic E-state index is -1.96. The van der Waals surface area contributed by atoms with Crippen LogP contribution in [0.5, 0.6) is 0 Å². The Morgan fingerprint density at radius 1 is 0.857 bits per heavy atom. The molecule has 0 atom stereocenters. The van der Waals surface area contributed by atoms with E-state index in [2.05, 4.69) is 20.4 Å². The average molecular weight is 236 g/mol. The maximum absolute atomic E-state index is 5.75. The Kier molecular flexibility index (Phi) is 6.15. The first-order chi connectivity index (χ1) is 6.51. The summed E-state index contributed by atoms with van der Waals surface area (Å²) in [4.78, 5) is 0. The highest BCUT2D eigenvalue weighted by Crippen LogP contribution is 2.27. The molecule has 86 valence electrons. The topological polar surface area (TPSA) is 27.7 Å². The molecule has 0 amide bonds. The van der Waals surface area contributed by atoms with Gasteiger partial charge in [0.15, 0.2) is 8.32 Å². The quantitative estimate of drug-likeness (QED) is 0.636. The van der Waals surface area contributed by atoms with Gasteiger partial charge in [-0.1, -0.05) is 13.8 Å². The van der Waals surface area contributed by atoms with E-state index in [1.807, 2.05) is 7.11 Å². The first-order valence-corrected chi connectivity index (χ1v) is 10.2. The molecule has 0 saturated heterocycles. The van der Waals surface area contributed by atoms with E-state index in [4.69, 9.17) is 13.3 Å². The summed E-state index contributed by atoms with van der Waals surface area (Å²) in [5.74, 6) is 0. The minimum Gasteiger partial charge on any atom is -0.420 e. The van der Waals surface area contributed by atoms with Crippen molar-refractivity contribution in [3.8, 4) is 0 Å². The van der Waals surface area contributed by atoms with Crippen molar-refractivity contribution < 1.29 is 13.3 Å². The summed E-state index contributed by atoms with van der Waals surface area (Å²) < 4.78 is 16.8. The molecule has 0 saturated carbocycles. The summed E-state index contributed by atoms with van der Waals surface area (Å²) in [5, 5.41) is 0. The molecule has 0 heterocycles. The molecular formula is C9H24O3Si2. The Labute approximate surface area is 90.1 Å². The predicted molar refractivity (Wildman–Crippen MR) is 64.2 cm³/mol. The van der Waals surface area contributed by atoms with Crippen molar-refractivity contribution >= 4 is 16.9 Å². The van der Waals surface area contributed by atoms with Gasteiger partial charge in [-0.2, -0.15) is 0 Å². The van der Waals surface area contributed by atoms with E-state index in [1.54, 1.807) is 14.2 Å². The van der Waals surface area contributed by atoms with Gasteiger partial charge in [-0.3, -0.25) is 0 Å². The highest BCUT2D eigenvalue weighted by Gasteiger charge is 2.42. The van der Waals surface area contributed by atoms with Crippen LogP contribution in [0.1, 0.15) is 13.8 Å². The van der Waals surface area contributed by atoms with E-state index < -0.39 is 16.9 Å². The second-order valence-electron chi connectivity index (χ2n) is 3.81. The molecule has 3 nitrogen and oxygen atoms in total. The van der Waals surface area contributed by atoms with Crippen molar-refractivity contribution in [3.63, 3.8) is 0 Å². The number of rotatable bonds is 7. The van der Waals surface area contributed by atoms with Gasteiger partial charge in [0.2, 0.25) is 0 Å². The van der Waals surface area contributed by atoms with E-state index in [0.29, 0.717) is 0 Å². The zero-order valence-corrected chi connectivity index (χ0v) is 12.3. The fraction of sp³-hybridized carbons (Fsp3) is 1.00. The van der Waals surface area contributed by atoms with Gasteiger partial charge in [-0.25, -0.2) is 0 Å². The van der Waals surface area contributed by atoms with E-state index >= 15 is 0 Å². The summed E-state index contributed by atoms with van der Waals surface area (Å²) >= 11 is 0. The standard InChI is InChI=1S/C9H24O3Si2/c1-7-14(8-2,12-5)9-13(6,10-3)11-4/h7-9H2,1-6H3. The summed E-state index contributed by atoms with van der Waals surface area (Å²) in [5.41, 5.74) is 1.02. The molecule has 0 N–H and O–H groups in total. The molecule has 0 aromatic rings. The smallest absolute Gasteiger partial charge is 0.333 e. The van der Waals surface area contributed by atoms with Crippen molar-refractivity contribution in [3.05, 3.63) is 0 Å². The predicted octanol–water partition coefficient (Wildman–Crippen LogP) is 2.52. The number of hydrogen-bond donors (Lipinski definition) is 0. The molecule has 0 radical (unpaired) electrons. The lowest BCUT2D eigenvalue weighted by molar-refractivity contribution is 0.251. The van der Waals surface area contributed by atoms with E-state index in [-0.39, 0.29) is 0 Å². The van der Waals surface area contributed by atoms with Crippen LogP contribution < -0.4 is 0 Å². The molecule has 0 bridgehead atoms. The Morgan fingerprint density at radius 3 is 1.50 bits per heavy atom. The third kappa shape index (κ3) is 3.47. The van der Waals surface area contributed by atoms with Gasteiger partial charge in [0, 0.05) is 27.0 Å². The van der Waals surface area contributed by atoms with Crippen molar-refractivity contribution in [2.45, 2.75) is 38.2 Å². The lowest BCUT2D eigenvalue weighted by Crippen LogP contribution is -2.49. The molecule has 0 aliphatic carbocycles. The van der Waals surface area contributed by atoms with Gasteiger partial charge in [0.1, 0.15) is 0 Å². The van der Waals surface area contributed by atoms with Gasteiger partial charge in [-0.05, 0) is 18.6 Å². The molecule has 0 aliphatic heterocycles. The lowest BCUT2D eigenvalue weighted by Gasteiger charge is -2.34. The fourth-order valence-electron chi connectivity index (χ4n) is 1.67. The maximum Gasteiger partial charge on any atom is 0.333 e. The first-order valence-electron chi connectivity index (χ1n) is 5.17. The molecule has 0 aromatic heterocycles. The molecule has 0 unspecified atom stereocenters. The second-order valence-corrected chi connectivity index (χ2v) is 12.5. The minimum absolute atomic E-state index is 1.02.